The van der Waals surface area contributed by atoms with Crippen molar-refractivity contribution in [2.24, 2.45) is 16.9 Å². The molecule has 2 amide bonds. The molecule has 2 fully saturated rings. The van der Waals surface area contributed by atoms with E-state index < -0.39 is 5.41 Å². The summed E-state index contributed by atoms with van der Waals surface area (Å²) < 4.78 is 0. The third kappa shape index (κ3) is 4.94. The van der Waals surface area contributed by atoms with Gasteiger partial charge in [0.2, 0.25) is 11.8 Å². The average Bonchev–Trinajstić information content (AvgIpc) is 2.69. The van der Waals surface area contributed by atoms with Gasteiger partial charge in [0, 0.05) is 26.2 Å². The van der Waals surface area contributed by atoms with Crippen LogP contribution in [0.3, 0.4) is 0 Å². The molecule has 0 unspecified atom stereocenters. The molecule has 2 heterocycles. The van der Waals surface area contributed by atoms with Crippen LogP contribution < -0.4 is 11.5 Å². The minimum Gasteiger partial charge on any atom is -0.342 e. The quantitative estimate of drug-likeness (QED) is 0.647. The second kappa shape index (κ2) is 10.1. The molecule has 0 aliphatic carbocycles. The highest BCUT2D eigenvalue weighted by Gasteiger charge is 2.48. The van der Waals surface area contributed by atoms with Gasteiger partial charge in [0.05, 0.1) is 0 Å². The Balaban J connectivity index is 2.27. The Hall–Kier alpha value is -1.14. The lowest BCUT2D eigenvalue weighted by atomic mass is 9.75. The van der Waals surface area contributed by atoms with E-state index in [-0.39, 0.29) is 11.8 Å². The van der Waals surface area contributed by atoms with Crippen LogP contribution in [0.5, 0.6) is 0 Å². The number of hydrogen-bond donors (Lipinski definition) is 2. The topological polar surface area (TPSA) is 92.7 Å². The number of piperidine rings is 2. The lowest BCUT2D eigenvalue weighted by Gasteiger charge is -2.41. The molecule has 0 aromatic rings. The molecule has 0 radical (unpaired) electrons. The van der Waals surface area contributed by atoms with Crippen LogP contribution in [0, 0.1) is 5.41 Å². The fraction of sp³-hybridized carbons (Fsp3) is 0.895. The van der Waals surface area contributed by atoms with E-state index in [0.717, 1.165) is 51.9 Å². The van der Waals surface area contributed by atoms with Crippen LogP contribution in [0.25, 0.3) is 0 Å². The third-order valence-electron chi connectivity index (χ3n) is 5.72. The van der Waals surface area contributed by atoms with Crippen LogP contribution >= 0.6 is 0 Å². The maximum atomic E-state index is 13.5. The maximum Gasteiger partial charge on any atom is 0.238 e. The molecule has 4 N–H and O–H groups in total. The SMILES string of the molecule is NCCCC(CCCN)(C(=O)N1CCCCC1)C(=O)N1CCCCC1. The second-order valence-corrected chi connectivity index (χ2v) is 7.57. The van der Waals surface area contributed by atoms with Crippen molar-refractivity contribution in [1.29, 1.82) is 0 Å². The zero-order valence-electron chi connectivity index (χ0n) is 15.7. The van der Waals surface area contributed by atoms with Crippen molar-refractivity contribution in [3.63, 3.8) is 0 Å². The van der Waals surface area contributed by atoms with Crippen molar-refractivity contribution in [3.05, 3.63) is 0 Å². The fourth-order valence-electron chi connectivity index (χ4n) is 4.25. The Labute approximate surface area is 152 Å². The normalized spacial score (nSPS) is 19.1. The van der Waals surface area contributed by atoms with Crippen molar-refractivity contribution in [1.82, 2.24) is 9.80 Å². The monoisotopic (exact) mass is 352 g/mol. The molecule has 25 heavy (non-hydrogen) atoms. The fourth-order valence-corrected chi connectivity index (χ4v) is 4.25. The molecule has 0 aromatic carbocycles. The highest BCUT2D eigenvalue weighted by molar-refractivity contribution is 6.05. The van der Waals surface area contributed by atoms with E-state index in [1.165, 1.54) is 12.8 Å². The molecule has 0 aromatic heterocycles. The number of carbonyl (C=O) groups excluding carboxylic acids is 2. The molecule has 144 valence electrons. The summed E-state index contributed by atoms with van der Waals surface area (Å²) >= 11 is 0. The van der Waals surface area contributed by atoms with Crippen LogP contribution in [0.15, 0.2) is 0 Å². The van der Waals surface area contributed by atoms with E-state index in [9.17, 15) is 9.59 Å². The smallest absolute Gasteiger partial charge is 0.238 e. The van der Waals surface area contributed by atoms with E-state index in [0.29, 0.717) is 38.8 Å². The molecule has 0 saturated carbocycles. The van der Waals surface area contributed by atoms with Gasteiger partial charge in [0.25, 0.3) is 0 Å². The van der Waals surface area contributed by atoms with E-state index >= 15 is 0 Å². The largest absolute Gasteiger partial charge is 0.342 e. The van der Waals surface area contributed by atoms with Crippen LogP contribution in [-0.2, 0) is 9.59 Å². The Kier molecular flexibility index (Phi) is 8.16. The van der Waals surface area contributed by atoms with Gasteiger partial charge in [-0.2, -0.15) is 0 Å². The summed E-state index contributed by atoms with van der Waals surface area (Å²) in [6, 6.07) is 0. The number of carbonyl (C=O) groups is 2. The number of likely N-dealkylation sites (tertiary alicyclic amines) is 2. The molecule has 2 rings (SSSR count). The first-order chi connectivity index (χ1) is 12.2. The number of nitrogens with zero attached hydrogens (tertiary/aromatic N) is 2. The summed E-state index contributed by atoms with van der Waals surface area (Å²) in [6.45, 7) is 4.12. The molecule has 0 bridgehead atoms. The number of rotatable bonds is 8. The zero-order chi connectivity index (χ0) is 18.1. The van der Waals surface area contributed by atoms with Gasteiger partial charge in [-0.25, -0.2) is 0 Å². The summed E-state index contributed by atoms with van der Waals surface area (Å²) in [5, 5.41) is 0. The van der Waals surface area contributed by atoms with Gasteiger partial charge in [-0.05, 0) is 77.3 Å². The van der Waals surface area contributed by atoms with Gasteiger partial charge in [-0.1, -0.05) is 0 Å². The predicted octanol–water partition coefficient (Wildman–Crippen LogP) is 1.48. The summed E-state index contributed by atoms with van der Waals surface area (Å²) in [4.78, 5) is 30.9. The molecule has 2 aliphatic rings. The molecule has 2 saturated heterocycles. The van der Waals surface area contributed by atoms with Gasteiger partial charge >= 0.3 is 0 Å². The molecule has 0 spiro atoms. The molecule has 6 nitrogen and oxygen atoms in total. The van der Waals surface area contributed by atoms with E-state index in [1.54, 1.807) is 0 Å². The Bertz CT molecular complexity index is 389. The van der Waals surface area contributed by atoms with Crippen molar-refractivity contribution in [2.75, 3.05) is 39.3 Å². The number of amides is 2. The van der Waals surface area contributed by atoms with Crippen molar-refractivity contribution in [3.8, 4) is 0 Å². The van der Waals surface area contributed by atoms with E-state index in [1.807, 2.05) is 9.80 Å². The summed E-state index contributed by atoms with van der Waals surface area (Å²) in [5.41, 5.74) is 10.5. The summed E-state index contributed by atoms with van der Waals surface area (Å²) in [5.74, 6) is 0.0642. The first kappa shape index (κ1) is 20.2. The van der Waals surface area contributed by atoms with E-state index in [2.05, 4.69) is 0 Å². The average molecular weight is 353 g/mol. The Morgan fingerprint density at radius 1 is 0.680 bits per heavy atom. The zero-order valence-corrected chi connectivity index (χ0v) is 15.7. The molecular formula is C19H36N4O2. The van der Waals surface area contributed by atoms with Crippen LogP contribution in [0.4, 0.5) is 0 Å². The summed E-state index contributed by atoms with van der Waals surface area (Å²) in [7, 11) is 0. The van der Waals surface area contributed by atoms with Gasteiger partial charge in [0.15, 0.2) is 0 Å². The highest BCUT2D eigenvalue weighted by atomic mass is 16.2. The number of hydrogen-bond acceptors (Lipinski definition) is 4. The molecule has 6 heteroatoms. The Morgan fingerprint density at radius 3 is 1.36 bits per heavy atom. The van der Waals surface area contributed by atoms with Crippen molar-refractivity contribution < 1.29 is 9.59 Å². The van der Waals surface area contributed by atoms with Gasteiger partial charge in [0.1, 0.15) is 5.41 Å². The second-order valence-electron chi connectivity index (χ2n) is 7.57. The summed E-state index contributed by atoms with van der Waals surface area (Å²) in [6.07, 6.45) is 8.97. The predicted molar refractivity (Wildman–Crippen MR) is 99.9 cm³/mol. The van der Waals surface area contributed by atoms with Gasteiger partial charge in [-0.15, -0.1) is 0 Å². The van der Waals surface area contributed by atoms with Gasteiger partial charge < -0.3 is 21.3 Å². The third-order valence-corrected chi connectivity index (χ3v) is 5.72. The lowest BCUT2D eigenvalue weighted by molar-refractivity contribution is -0.159. The first-order valence-electron chi connectivity index (χ1n) is 10.1. The van der Waals surface area contributed by atoms with E-state index in [4.69, 9.17) is 11.5 Å². The molecule has 0 atom stereocenters. The van der Waals surface area contributed by atoms with Crippen LogP contribution in [0.1, 0.15) is 64.2 Å². The van der Waals surface area contributed by atoms with Crippen LogP contribution in [-0.4, -0.2) is 60.9 Å². The van der Waals surface area contributed by atoms with Gasteiger partial charge in [-0.3, -0.25) is 9.59 Å². The lowest BCUT2D eigenvalue weighted by Crippen LogP contribution is -2.56. The Morgan fingerprint density at radius 2 is 1.04 bits per heavy atom. The molecular weight excluding hydrogens is 316 g/mol. The molecule has 2 aliphatic heterocycles. The maximum absolute atomic E-state index is 13.5. The standard InChI is InChI=1S/C19H36N4O2/c20-11-7-9-19(10-8-12-21,17(24)22-13-3-1-4-14-22)18(25)23-15-5-2-6-16-23/h1-16,20-21H2. The van der Waals surface area contributed by atoms with Crippen molar-refractivity contribution >= 4 is 11.8 Å². The van der Waals surface area contributed by atoms with Crippen LogP contribution in [0.2, 0.25) is 0 Å². The number of nitrogens with two attached hydrogens (primary N) is 2. The first-order valence-corrected chi connectivity index (χ1v) is 10.1. The highest BCUT2D eigenvalue weighted by Crippen LogP contribution is 2.36. The minimum absolute atomic E-state index is 0.0321. The van der Waals surface area contributed by atoms with Crippen molar-refractivity contribution in [2.45, 2.75) is 64.2 Å². The minimum atomic E-state index is -0.951.